The second kappa shape index (κ2) is 11.0. The summed E-state index contributed by atoms with van der Waals surface area (Å²) in [6.07, 6.45) is 3.87. The number of fused-ring (bicyclic) bond motifs is 6. The summed E-state index contributed by atoms with van der Waals surface area (Å²) >= 11 is 0. The van der Waals surface area contributed by atoms with Gasteiger partial charge >= 0.3 is 0 Å². The van der Waals surface area contributed by atoms with E-state index in [9.17, 15) is 0 Å². The fourth-order valence-electron chi connectivity index (χ4n) is 7.90. The van der Waals surface area contributed by atoms with Crippen LogP contribution in [0.25, 0.3) is 93.2 Å². The molecule has 2 heteroatoms. The number of nitrogens with zero attached hydrogens (tertiary/aromatic N) is 2. The maximum atomic E-state index is 4.49. The van der Waals surface area contributed by atoms with Crippen molar-refractivity contribution in [2.45, 2.75) is 0 Å². The van der Waals surface area contributed by atoms with E-state index < -0.39 is 0 Å². The molecule has 228 valence electrons. The number of aromatic nitrogens is 2. The maximum absolute atomic E-state index is 4.49. The van der Waals surface area contributed by atoms with E-state index in [4.69, 9.17) is 0 Å². The summed E-state index contributed by atoms with van der Waals surface area (Å²) in [5.74, 6) is 0. The van der Waals surface area contributed by atoms with Gasteiger partial charge in [-0.1, -0.05) is 140 Å². The van der Waals surface area contributed by atoms with Crippen molar-refractivity contribution in [2.24, 2.45) is 0 Å². The van der Waals surface area contributed by atoms with Gasteiger partial charge in [0.05, 0.1) is 11.0 Å². The number of pyridine rings is 1. The number of para-hydroxylation sites is 1. The van der Waals surface area contributed by atoms with Crippen LogP contribution >= 0.6 is 0 Å². The Hall–Kier alpha value is -6.51. The van der Waals surface area contributed by atoms with E-state index in [2.05, 4.69) is 179 Å². The first kappa shape index (κ1) is 27.6. The van der Waals surface area contributed by atoms with Gasteiger partial charge in [0.15, 0.2) is 0 Å². The molecule has 0 saturated heterocycles. The van der Waals surface area contributed by atoms with Crippen LogP contribution in [0.3, 0.4) is 0 Å². The fraction of sp³-hybridized carbons (Fsp3) is 0. The lowest BCUT2D eigenvalue weighted by atomic mass is 9.84. The first-order valence-electron chi connectivity index (χ1n) is 16.8. The lowest BCUT2D eigenvalue weighted by Gasteiger charge is -2.19. The molecule has 0 spiro atoms. The van der Waals surface area contributed by atoms with Gasteiger partial charge in [-0.2, -0.15) is 0 Å². The molecule has 0 amide bonds. The number of hydrogen-bond acceptors (Lipinski definition) is 1. The van der Waals surface area contributed by atoms with Crippen molar-refractivity contribution in [3.63, 3.8) is 0 Å². The fourth-order valence-corrected chi connectivity index (χ4v) is 7.90. The first-order valence-corrected chi connectivity index (χ1v) is 16.8. The number of hydrogen-bond donors (Lipinski definition) is 0. The van der Waals surface area contributed by atoms with Gasteiger partial charge in [-0.15, -0.1) is 0 Å². The maximum Gasteiger partial charge on any atom is 0.0571 e. The minimum Gasteiger partial charge on any atom is -0.309 e. The molecule has 0 fully saturated rings. The van der Waals surface area contributed by atoms with Crippen LogP contribution in [-0.4, -0.2) is 9.55 Å². The molecule has 0 radical (unpaired) electrons. The molecule has 2 aromatic heterocycles. The zero-order valence-corrected chi connectivity index (χ0v) is 26.7. The van der Waals surface area contributed by atoms with Crippen LogP contribution in [0.2, 0.25) is 0 Å². The van der Waals surface area contributed by atoms with Crippen molar-refractivity contribution in [3.05, 3.63) is 182 Å². The van der Waals surface area contributed by atoms with E-state index in [1.807, 2.05) is 12.4 Å². The summed E-state index contributed by atoms with van der Waals surface area (Å²) in [4.78, 5) is 4.49. The van der Waals surface area contributed by atoms with Crippen LogP contribution in [0.15, 0.2) is 182 Å². The topological polar surface area (TPSA) is 17.8 Å². The smallest absolute Gasteiger partial charge is 0.0571 e. The highest BCUT2D eigenvalue weighted by Gasteiger charge is 2.18. The highest BCUT2D eigenvalue weighted by Crippen LogP contribution is 2.45. The molecule has 0 aliphatic carbocycles. The molecule has 0 unspecified atom stereocenters. The van der Waals surface area contributed by atoms with E-state index >= 15 is 0 Å². The van der Waals surface area contributed by atoms with Gasteiger partial charge in [0.25, 0.3) is 0 Å². The summed E-state index contributed by atoms with van der Waals surface area (Å²) in [7, 11) is 0. The van der Waals surface area contributed by atoms with Crippen LogP contribution in [0.1, 0.15) is 0 Å². The molecule has 2 nitrogen and oxygen atoms in total. The van der Waals surface area contributed by atoms with E-state index in [0.717, 1.165) is 16.6 Å². The van der Waals surface area contributed by atoms with Gasteiger partial charge in [-0.05, 0) is 96.0 Å². The van der Waals surface area contributed by atoms with E-state index in [-0.39, 0.29) is 0 Å². The molecule has 2 heterocycles. The molecule has 0 atom stereocenters. The standard InChI is InChI=1S/C47H30N2/c1-2-13-35(14-3-1)49-44-26-25-34(29-42(44)43-30-48-28-27-45(43)49)31-21-23-33(24-22-31)46-38-16-6-8-18-40(38)47(41-19-9-7-17-39(41)46)37-20-10-12-32-11-4-5-15-36(32)37/h1-30H. The SMILES string of the molecule is c1ccc(-n2c3ccncc3c3cc(-c4ccc(-c5c6ccccc6c(-c6cccc7ccccc67)c6ccccc56)cc4)ccc32)cc1. The first-order chi connectivity index (χ1) is 24.3. The molecular formula is C47H30N2. The van der Waals surface area contributed by atoms with Crippen molar-refractivity contribution in [3.8, 4) is 39.1 Å². The van der Waals surface area contributed by atoms with E-state index in [0.29, 0.717) is 0 Å². The average Bonchev–Trinajstić information content (AvgIpc) is 3.51. The zero-order chi connectivity index (χ0) is 32.3. The molecule has 0 aliphatic heterocycles. The Morgan fingerprint density at radius 2 is 0.939 bits per heavy atom. The van der Waals surface area contributed by atoms with Crippen LogP contribution in [0.4, 0.5) is 0 Å². The molecule has 49 heavy (non-hydrogen) atoms. The molecule has 0 saturated carbocycles. The van der Waals surface area contributed by atoms with Crippen molar-refractivity contribution >= 4 is 54.1 Å². The van der Waals surface area contributed by atoms with Gasteiger partial charge in [0.2, 0.25) is 0 Å². The summed E-state index contributed by atoms with van der Waals surface area (Å²) in [5.41, 5.74) is 10.9. The lowest BCUT2D eigenvalue weighted by Crippen LogP contribution is -1.93. The molecule has 0 aliphatic rings. The Kier molecular flexibility index (Phi) is 6.22. The van der Waals surface area contributed by atoms with Crippen molar-refractivity contribution in [2.75, 3.05) is 0 Å². The van der Waals surface area contributed by atoms with Crippen LogP contribution in [0.5, 0.6) is 0 Å². The Morgan fingerprint density at radius 3 is 1.67 bits per heavy atom. The van der Waals surface area contributed by atoms with Crippen molar-refractivity contribution in [1.82, 2.24) is 9.55 Å². The van der Waals surface area contributed by atoms with E-state index in [1.165, 1.54) is 76.6 Å². The third-order valence-electron chi connectivity index (χ3n) is 10.1. The third-order valence-corrected chi connectivity index (χ3v) is 10.1. The van der Waals surface area contributed by atoms with Crippen molar-refractivity contribution in [1.29, 1.82) is 0 Å². The Bertz CT molecular complexity index is 2800. The minimum atomic E-state index is 1.15. The monoisotopic (exact) mass is 622 g/mol. The van der Waals surface area contributed by atoms with Gasteiger partial charge in [-0.25, -0.2) is 0 Å². The average molecular weight is 623 g/mol. The molecule has 0 bridgehead atoms. The van der Waals surface area contributed by atoms with Gasteiger partial charge in [0, 0.05) is 28.9 Å². The molecule has 10 rings (SSSR count). The Labute approximate surface area is 284 Å². The van der Waals surface area contributed by atoms with Gasteiger partial charge in [-0.3, -0.25) is 4.98 Å². The Morgan fingerprint density at radius 1 is 0.367 bits per heavy atom. The third kappa shape index (κ3) is 4.31. The highest BCUT2D eigenvalue weighted by molar-refractivity contribution is 6.23. The molecule has 8 aromatic carbocycles. The zero-order valence-electron chi connectivity index (χ0n) is 26.7. The second-order valence-corrected chi connectivity index (χ2v) is 12.7. The molecule has 10 aromatic rings. The highest BCUT2D eigenvalue weighted by atomic mass is 15.0. The summed E-state index contributed by atoms with van der Waals surface area (Å²) in [6, 6.07) is 61.8. The van der Waals surface area contributed by atoms with E-state index in [1.54, 1.807) is 0 Å². The normalized spacial score (nSPS) is 11.7. The lowest BCUT2D eigenvalue weighted by molar-refractivity contribution is 1.17. The van der Waals surface area contributed by atoms with Gasteiger partial charge in [0.1, 0.15) is 0 Å². The number of benzene rings is 8. The number of rotatable bonds is 4. The predicted octanol–water partition coefficient (Wildman–Crippen LogP) is 12.6. The van der Waals surface area contributed by atoms with Gasteiger partial charge < -0.3 is 4.57 Å². The summed E-state index contributed by atoms with van der Waals surface area (Å²) in [5, 5.41) is 9.96. The van der Waals surface area contributed by atoms with Crippen LogP contribution in [0, 0.1) is 0 Å². The van der Waals surface area contributed by atoms with Crippen LogP contribution < -0.4 is 0 Å². The largest absolute Gasteiger partial charge is 0.309 e. The second-order valence-electron chi connectivity index (χ2n) is 12.7. The van der Waals surface area contributed by atoms with Crippen molar-refractivity contribution < 1.29 is 0 Å². The van der Waals surface area contributed by atoms with Crippen LogP contribution in [-0.2, 0) is 0 Å². The minimum absolute atomic E-state index is 1.15. The Balaban J connectivity index is 1.14. The molecular weight excluding hydrogens is 593 g/mol. The quantitative estimate of drug-likeness (QED) is 0.179. The summed E-state index contributed by atoms with van der Waals surface area (Å²) in [6.45, 7) is 0. The molecule has 0 N–H and O–H groups in total. The summed E-state index contributed by atoms with van der Waals surface area (Å²) < 4.78 is 2.33. The predicted molar refractivity (Wildman–Crippen MR) is 207 cm³/mol.